The lowest BCUT2D eigenvalue weighted by atomic mass is 9.83. The Kier molecular flexibility index (Phi) is 8.46. The number of methoxy groups -OCH3 is 1. The Morgan fingerprint density at radius 1 is 1.05 bits per heavy atom. The van der Waals surface area contributed by atoms with Crippen LogP contribution in [0.4, 0.5) is 5.82 Å². The number of hydrogen-bond donors (Lipinski definition) is 0. The largest absolute Gasteiger partial charge is 0.497 e. The summed E-state index contributed by atoms with van der Waals surface area (Å²) in [5, 5.41) is -0.518. The first-order chi connectivity index (χ1) is 17.4. The molecule has 1 aromatic heterocycles. The normalized spacial score (nSPS) is 15.4. The molecule has 1 heterocycles. The number of carbonyl (C=O) groups is 2. The highest BCUT2D eigenvalue weighted by atomic mass is 32.2. The summed E-state index contributed by atoms with van der Waals surface area (Å²) in [6.07, 6.45) is 2.41. The van der Waals surface area contributed by atoms with Gasteiger partial charge in [0.1, 0.15) is 17.2 Å². The van der Waals surface area contributed by atoms with Gasteiger partial charge in [-0.2, -0.15) is 0 Å². The quantitative estimate of drug-likeness (QED) is 0.315. The third kappa shape index (κ3) is 6.20. The van der Waals surface area contributed by atoms with Crippen molar-refractivity contribution in [3.63, 3.8) is 0 Å². The van der Waals surface area contributed by atoms with E-state index < -0.39 is 38.2 Å². The van der Waals surface area contributed by atoms with Gasteiger partial charge in [-0.25, -0.2) is 22.7 Å². The first-order valence-corrected chi connectivity index (χ1v) is 13.8. The van der Waals surface area contributed by atoms with Crippen LogP contribution in [0.1, 0.15) is 65.3 Å². The molecular formula is C26H35N3O7S. The van der Waals surface area contributed by atoms with Crippen molar-refractivity contribution >= 4 is 27.8 Å². The van der Waals surface area contributed by atoms with E-state index in [1.165, 1.54) is 16.6 Å². The lowest BCUT2D eigenvalue weighted by Crippen LogP contribution is -2.49. The maximum Gasteiger partial charge on any atom is 0.331 e. The first kappa shape index (κ1) is 28.4. The molecule has 0 saturated heterocycles. The van der Waals surface area contributed by atoms with Crippen molar-refractivity contribution in [3.8, 4) is 5.75 Å². The molecular weight excluding hydrogens is 498 g/mol. The Bertz CT molecular complexity index is 1220. The minimum Gasteiger partial charge on any atom is -0.497 e. The van der Waals surface area contributed by atoms with Crippen LogP contribution in [0.5, 0.6) is 5.75 Å². The molecule has 1 saturated carbocycles. The average molecular weight is 534 g/mol. The van der Waals surface area contributed by atoms with E-state index >= 15 is 0 Å². The fourth-order valence-electron chi connectivity index (χ4n) is 3.77. The summed E-state index contributed by atoms with van der Waals surface area (Å²) < 4.78 is 44.2. The summed E-state index contributed by atoms with van der Waals surface area (Å²) in [5.74, 6) is -1.19. The summed E-state index contributed by atoms with van der Waals surface area (Å²) in [7, 11) is -2.21. The van der Waals surface area contributed by atoms with Gasteiger partial charge in [0.15, 0.2) is 5.82 Å². The molecule has 2 aromatic rings. The zero-order valence-electron chi connectivity index (χ0n) is 22.2. The average Bonchev–Trinajstić information content (AvgIpc) is 3.69. The number of sulfonamides is 1. The molecule has 0 radical (unpaired) electrons. The molecule has 202 valence electrons. The van der Waals surface area contributed by atoms with E-state index in [2.05, 4.69) is 9.97 Å². The molecule has 1 aliphatic rings. The van der Waals surface area contributed by atoms with Crippen LogP contribution in [0.25, 0.3) is 0 Å². The summed E-state index contributed by atoms with van der Waals surface area (Å²) in [6, 6.07) is 8.48. The summed E-state index contributed by atoms with van der Waals surface area (Å²) in [4.78, 5) is 35.4. The molecule has 0 aliphatic heterocycles. The van der Waals surface area contributed by atoms with Gasteiger partial charge in [0.2, 0.25) is 15.4 Å². The van der Waals surface area contributed by atoms with E-state index in [9.17, 15) is 18.0 Å². The monoisotopic (exact) mass is 533 g/mol. The molecule has 1 aliphatic carbocycles. The third-order valence-electron chi connectivity index (χ3n) is 5.92. The van der Waals surface area contributed by atoms with Crippen molar-refractivity contribution in [1.29, 1.82) is 0 Å². The van der Waals surface area contributed by atoms with E-state index in [0.717, 1.165) is 0 Å². The van der Waals surface area contributed by atoms with Crippen LogP contribution in [0.15, 0.2) is 36.5 Å². The molecule has 11 heteroatoms. The smallest absolute Gasteiger partial charge is 0.331 e. The Labute approximate surface area is 218 Å². The first-order valence-electron chi connectivity index (χ1n) is 12.3. The van der Waals surface area contributed by atoms with Crippen molar-refractivity contribution in [2.75, 3.05) is 18.0 Å². The van der Waals surface area contributed by atoms with E-state index in [-0.39, 0.29) is 31.2 Å². The van der Waals surface area contributed by atoms with Gasteiger partial charge in [-0.05, 0) is 64.7 Å². The topological polar surface area (TPSA) is 125 Å². The molecule has 1 atom stereocenters. The number of esters is 2. The Morgan fingerprint density at radius 3 is 2.22 bits per heavy atom. The van der Waals surface area contributed by atoms with Crippen LogP contribution in [0.3, 0.4) is 0 Å². The maximum absolute atomic E-state index is 13.5. The van der Waals surface area contributed by atoms with Gasteiger partial charge in [0.25, 0.3) is 0 Å². The van der Waals surface area contributed by atoms with E-state index in [4.69, 9.17) is 14.2 Å². The molecule has 0 bridgehead atoms. The van der Waals surface area contributed by atoms with E-state index in [0.29, 0.717) is 24.2 Å². The number of carbonyl (C=O) groups excluding carboxylic acids is 2. The summed E-state index contributed by atoms with van der Waals surface area (Å²) >= 11 is 0. The van der Waals surface area contributed by atoms with Crippen molar-refractivity contribution in [2.45, 2.75) is 76.7 Å². The van der Waals surface area contributed by atoms with Crippen LogP contribution < -0.4 is 9.04 Å². The van der Waals surface area contributed by atoms with Crippen molar-refractivity contribution < 1.29 is 32.2 Å². The summed E-state index contributed by atoms with van der Waals surface area (Å²) in [5.41, 5.74) is -2.14. The second-order valence-electron chi connectivity index (χ2n) is 9.82. The van der Waals surface area contributed by atoms with Crippen molar-refractivity contribution in [1.82, 2.24) is 9.97 Å². The Morgan fingerprint density at radius 2 is 1.70 bits per heavy atom. The number of rotatable bonds is 11. The number of anilines is 1. The molecule has 0 N–H and O–H groups in total. The van der Waals surface area contributed by atoms with Gasteiger partial charge >= 0.3 is 11.9 Å². The number of nitrogens with zero attached hydrogens (tertiary/aromatic N) is 3. The van der Waals surface area contributed by atoms with Crippen LogP contribution in [0, 0.1) is 0 Å². The third-order valence-corrected chi connectivity index (χ3v) is 8.16. The number of hydrogen-bond acceptors (Lipinski definition) is 9. The zero-order valence-corrected chi connectivity index (χ0v) is 23.0. The zero-order chi connectivity index (χ0) is 27.4. The Hall–Kier alpha value is -3.21. The second-order valence-corrected chi connectivity index (χ2v) is 12.0. The van der Waals surface area contributed by atoms with E-state index in [1.54, 1.807) is 66.0 Å². The van der Waals surface area contributed by atoms with Gasteiger partial charge in [-0.1, -0.05) is 19.1 Å². The summed E-state index contributed by atoms with van der Waals surface area (Å²) in [6.45, 7) is 8.36. The SMILES string of the molecule is CCOC(=O)C(CC)(C(=O)OC(C)(C)C)c1nccc(N(Cc2ccc(OC)cc2)S(=O)(=O)C2CC2)n1. The molecule has 10 nitrogen and oxygen atoms in total. The van der Waals surface area contributed by atoms with Gasteiger partial charge in [-0.15, -0.1) is 0 Å². The van der Waals surface area contributed by atoms with Crippen LogP contribution in [-0.4, -0.2) is 54.9 Å². The molecule has 1 fully saturated rings. The minimum atomic E-state index is -3.76. The van der Waals surface area contributed by atoms with Crippen molar-refractivity contribution in [2.24, 2.45) is 0 Å². The highest BCUT2D eigenvalue weighted by Crippen LogP contribution is 2.36. The molecule has 3 rings (SSSR count). The van der Waals surface area contributed by atoms with Crippen LogP contribution >= 0.6 is 0 Å². The minimum absolute atomic E-state index is 0.00422. The number of ether oxygens (including phenoxy) is 3. The van der Waals surface area contributed by atoms with Crippen molar-refractivity contribution in [3.05, 3.63) is 47.9 Å². The Balaban J connectivity index is 2.12. The molecule has 0 spiro atoms. The number of aromatic nitrogens is 2. The standard InChI is InChI=1S/C26H35N3O7S/c1-7-26(23(30)35-8-2,24(31)36-25(3,4)5)22-27-16-15-21(28-22)29(37(32,33)20-13-14-20)17-18-9-11-19(34-6)12-10-18/h9-12,15-16,20H,7-8,13-14,17H2,1-6H3. The maximum atomic E-state index is 13.5. The van der Waals surface area contributed by atoms with Gasteiger partial charge in [-0.3, -0.25) is 9.59 Å². The molecule has 1 unspecified atom stereocenters. The lowest BCUT2D eigenvalue weighted by Gasteiger charge is -2.31. The van der Waals surface area contributed by atoms with Crippen LogP contribution in [-0.2, 0) is 41.0 Å². The second kappa shape index (κ2) is 11.0. The highest BCUT2D eigenvalue weighted by molar-refractivity contribution is 7.93. The molecule has 0 amide bonds. The predicted octanol–water partition coefficient (Wildman–Crippen LogP) is 3.54. The van der Waals surface area contributed by atoms with Crippen LogP contribution in [0.2, 0.25) is 0 Å². The molecule has 1 aromatic carbocycles. The van der Waals surface area contributed by atoms with E-state index in [1.807, 2.05) is 0 Å². The fourth-order valence-corrected chi connectivity index (χ4v) is 5.55. The predicted molar refractivity (Wildman–Crippen MR) is 138 cm³/mol. The number of benzene rings is 1. The highest BCUT2D eigenvalue weighted by Gasteiger charge is 2.53. The van der Waals surface area contributed by atoms with Gasteiger partial charge in [0.05, 0.1) is 25.5 Å². The lowest BCUT2D eigenvalue weighted by molar-refractivity contribution is -0.173. The van der Waals surface area contributed by atoms with Gasteiger partial charge < -0.3 is 14.2 Å². The van der Waals surface area contributed by atoms with Gasteiger partial charge in [0, 0.05) is 12.3 Å². The molecule has 37 heavy (non-hydrogen) atoms. The fraction of sp³-hybridized carbons (Fsp3) is 0.538.